The van der Waals surface area contributed by atoms with Crippen LogP contribution < -0.4 is 0 Å². The fourth-order valence-corrected chi connectivity index (χ4v) is 3.72. The Bertz CT molecular complexity index is 398. The van der Waals surface area contributed by atoms with Crippen LogP contribution in [0.25, 0.3) is 0 Å². The van der Waals surface area contributed by atoms with E-state index >= 15 is 0 Å². The SMILES string of the molecule is CCCCCCCCCCCCOCCOCCOCCOCCOCCOCCOCCOCCOCCCl. The summed E-state index contributed by atoms with van der Waals surface area (Å²) in [5.74, 6) is 0.505. The van der Waals surface area contributed by atoms with Gasteiger partial charge >= 0.3 is 0 Å². The Hall–Kier alpha value is -0.0700. The van der Waals surface area contributed by atoms with Crippen LogP contribution >= 0.6 is 11.6 Å². The minimum atomic E-state index is 0.505. The van der Waals surface area contributed by atoms with E-state index in [1.807, 2.05) is 0 Å². The number of hydrogen-bond donors (Lipinski definition) is 0. The molecule has 0 aliphatic carbocycles. The number of ether oxygens (including phenoxy) is 9. The average Bonchev–Trinajstić information content (AvgIpc) is 2.97. The quantitative estimate of drug-likeness (QED) is 0.0697. The van der Waals surface area contributed by atoms with Crippen molar-refractivity contribution in [1.29, 1.82) is 0 Å². The fraction of sp³-hybridized carbons (Fsp3) is 1.00. The topological polar surface area (TPSA) is 83.1 Å². The van der Waals surface area contributed by atoms with E-state index in [2.05, 4.69) is 6.92 Å². The molecule has 0 N–H and O–H groups in total. The molecule has 242 valence electrons. The highest BCUT2D eigenvalue weighted by atomic mass is 35.5. The molecule has 0 heterocycles. The van der Waals surface area contributed by atoms with E-state index in [1.165, 1.54) is 57.8 Å². The number of unbranched alkanes of at least 4 members (excludes halogenated alkanes) is 9. The average molecular weight is 601 g/mol. The van der Waals surface area contributed by atoms with Crippen molar-refractivity contribution < 1.29 is 42.6 Å². The summed E-state index contributed by atoms with van der Waals surface area (Å²) >= 11 is 5.51. The molecule has 0 radical (unpaired) electrons. The zero-order valence-electron chi connectivity index (χ0n) is 25.6. The Labute approximate surface area is 250 Å². The minimum absolute atomic E-state index is 0.505. The molecule has 0 spiro atoms. The molecule has 0 aliphatic rings. The maximum atomic E-state index is 5.64. The molecule has 0 saturated heterocycles. The Balaban J connectivity index is 3.01. The smallest absolute Gasteiger partial charge is 0.0701 e. The lowest BCUT2D eigenvalue weighted by molar-refractivity contribution is -0.0248. The molecular formula is C30H61ClO9. The predicted molar refractivity (Wildman–Crippen MR) is 160 cm³/mol. The van der Waals surface area contributed by atoms with Gasteiger partial charge < -0.3 is 42.6 Å². The van der Waals surface area contributed by atoms with E-state index < -0.39 is 0 Å². The summed E-state index contributed by atoms with van der Waals surface area (Å²) in [6.45, 7) is 12.6. The standard InChI is InChI=1S/C30H61ClO9/c1-2-3-4-5-6-7-8-9-10-11-13-32-15-17-34-19-21-36-23-25-38-27-29-40-30-28-39-26-24-37-22-20-35-18-16-33-14-12-31/h2-30H2,1H3. The van der Waals surface area contributed by atoms with Crippen LogP contribution in [0.2, 0.25) is 0 Å². The molecule has 10 heteroatoms. The third-order valence-corrected chi connectivity index (χ3v) is 5.99. The molecule has 9 nitrogen and oxygen atoms in total. The van der Waals surface area contributed by atoms with Gasteiger partial charge in [0.05, 0.1) is 112 Å². The lowest BCUT2D eigenvalue weighted by Gasteiger charge is -2.09. The van der Waals surface area contributed by atoms with Gasteiger partial charge in [0.2, 0.25) is 0 Å². The first-order valence-corrected chi connectivity index (χ1v) is 16.2. The van der Waals surface area contributed by atoms with Crippen LogP contribution in [0.5, 0.6) is 0 Å². The maximum absolute atomic E-state index is 5.64. The van der Waals surface area contributed by atoms with Gasteiger partial charge in [0, 0.05) is 12.5 Å². The highest BCUT2D eigenvalue weighted by molar-refractivity contribution is 6.17. The minimum Gasteiger partial charge on any atom is -0.379 e. The van der Waals surface area contributed by atoms with Crippen LogP contribution in [-0.4, -0.2) is 125 Å². The largest absolute Gasteiger partial charge is 0.379 e. The molecule has 0 amide bonds. The number of rotatable bonds is 37. The summed E-state index contributed by atoms with van der Waals surface area (Å²) in [5.41, 5.74) is 0. The molecule has 0 aliphatic heterocycles. The van der Waals surface area contributed by atoms with E-state index in [1.54, 1.807) is 0 Å². The van der Waals surface area contributed by atoms with Crippen molar-refractivity contribution in [3.05, 3.63) is 0 Å². The summed E-state index contributed by atoms with van der Waals surface area (Å²) in [6.07, 6.45) is 13.5. The van der Waals surface area contributed by atoms with Gasteiger partial charge in [0.1, 0.15) is 0 Å². The number of halogens is 1. The Morgan fingerprint density at radius 1 is 0.275 bits per heavy atom. The lowest BCUT2D eigenvalue weighted by atomic mass is 10.1. The molecule has 0 bridgehead atoms. The molecule has 0 aromatic rings. The van der Waals surface area contributed by atoms with Gasteiger partial charge in [-0.05, 0) is 6.42 Å². The van der Waals surface area contributed by atoms with Crippen LogP contribution in [0.3, 0.4) is 0 Å². The molecule has 0 aromatic heterocycles. The van der Waals surface area contributed by atoms with Crippen molar-refractivity contribution in [1.82, 2.24) is 0 Å². The summed E-state index contributed by atoms with van der Waals surface area (Å²) in [4.78, 5) is 0. The maximum Gasteiger partial charge on any atom is 0.0701 e. The summed E-state index contributed by atoms with van der Waals surface area (Å²) in [7, 11) is 0. The fourth-order valence-electron chi connectivity index (χ4n) is 3.61. The van der Waals surface area contributed by atoms with Crippen molar-refractivity contribution >= 4 is 11.6 Å². The van der Waals surface area contributed by atoms with Crippen LogP contribution in [0, 0.1) is 0 Å². The van der Waals surface area contributed by atoms with Gasteiger partial charge in [-0.15, -0.1) is 11.6 Å². The van der Waals surface area contributed by atoms with Crippen LogP contribution in [0.1, 0.15) is 71.1 Å². The van der Waals surface area contributed by atoms with E-state index in [4.69, 9.17) is 54.2 Å². The van der Waals surface area contributed by atoms with Gasteiger partial charge in [-0.2, -0.15) is 0 Å². The highest BCUT2D eigenvalue weighted by Crippen LogP contribution is 2.10. The Morgan fingerprint density at radius 2 is 0.500 bits per heavy atom. The third kappa shape index (κ3) is 37.9. The molecule has 0 saturated carbocycles. The Kier molecular flexibility index (Phi) is 38.9. The van der Waals surface area contributed by atoms with E-state index in [0.29, 0.717) is 118 Å². The molecule has 0 aromatic carbocycles. The predicted octanol–water partition coefficient (Wildman–Crippen LogP) is 5.30. The molecule has 0 rings (SSSR count). The normalized spacial score (nSPS) is 11.6. The molecule has 0 unspecified atom stereocenters. The van der Waals surface area contributed by atoms with Crippen molar-refractivity contribution in [2.24, 2.45) is 0 Å². The van der Waals surface area contributed by atoms with Crippen molar-refractivity contribution in [2.45, 2.75) is 71.1 Å². The second kappa shape index (κ2) is 38.9. The monoisotopic (exact) mass is 600 g/mol. The second-order valence-corrected chi connectivity index (χ2v) is 9.76. The first-order valence-electron chi connectivity index (χ1n) is 15.7. The molecule has 40 heavy (non-hydrogen) atoms. The van der Waals surface area contributed by atoms with Crippen molar-refractivity contribution in [3.63, 3.8) is 0 Å². The van der Waals surface area contributed by atoms with Crippen molar-refractivity contribution in [3.8, 4) is 0 Å². The van der Waals surface area contributed by atoms with Gasteiger partial charge in [0.15, 0.2) is 0 Å². The van der Waals surface area contributed by atoms with Gasteiger partial charge in [-0.25, -0.2) is 0 Å². The second-order valence-electron chi connectivity index (χ2n) is 9.38. The lowest BCUT2D eigenvalue weighted by Crippen LogP contribution is -2.15. The highest BCUT2D eigenvalue weighted by Gasteiger charge is 1.96. The molecule has 0 atom stereocenters. The van der Waals surface area contributed by atoms with Crippen LogP contribution in [0.15, 0.2) is 0 Å². The number of alkyl halides is 1. The van der Waals surface area contributed by atoms with Gasteiger partial charge in [-0.1, -0.05) is 64.7 Å². The van der Waals surface area contributed by atoms with Gasteiger partial charge in [0.25, 0.3) is 0 Å². The number of hydrogen-bond acceptors (Lipinski definition) is 9. The first kappa shape index (κ1) is 39.9. The van der Waals surface area contributed by atoms with Crippen molar-refractivity contribution in [2.75, 3.05) is 125 Å². The van der Waals surface area contributed by atoms with E-state index in [0.717, 1.165) is 13.0 Å². The zero-order chi connectivity index (χ0) is 28.9. The first-order chi connectivity index (χ1) is 19.9. The Morgan fingerprint density at radius 3 is 0.775 bits per heavy atom. The van der Waals surface area contributed by atoms with Crippen LogP contribution in [0.4, 0.5) is 0 Å². The molecule has 0 fully saturated rings. The summed E-state index contributed by atoms with van der Waals surface area (Å²) < 4.78 is 49.1. The van der Waals surface area contributed by atoms with Crippen LogP contribution in [-0.2, 0) is 42.6 Å². The van der Waals surface area contributed by atoms with E-state index in [-0.39, 0.29) is 0 Å². The van der Waals surface area contributed by atoms with Gasteiger partial charge in [-0.3, -0.25) is 0 Å². The third-order valence-electron chi connectivity index (χ3n) is 5.84. The zero-order valence-corrected chi connectivity index (χ0v) is 26.3. The van der Waals surface area contributed by atoms with E-state index in [9.17, 15) is 0 Å². The summed E-state index contributed by atoms with van der Waals surface area (Å²) in [6, 6.07) is 0. The summed E-state index contributed by atoms with van der Waals surface area (Å²) in [5, 5.41) is 0. The molecular weight excluding hydrogens is 540 g/mol.